The number of aromatic nitrogens is 2. The third kappa shape index (κ3) is 4.64. The van der Waals surface area contributed by atoms with Gasteiger partial charge in [0.2, 0.25) is 5.91 Å². The number of imidazole rings is 1. The molecule has 0 unspecified atom stereocenters. The summed E-state index contributed by atoms with van der Waals surface area (Å²) in [6, 6.07) is 14.7. The summed E-state index contributed by atoms with van der Waals surface area (Å²) in [7, 11) is 1.92. The van der Waals surface area contributed by atoms with E-state index in [0.29, 0.717) is 17.8 Å². The molecular formula is C22H25FN4O. The third-order valence-corrected chi connectivity index (χ3v) is 4.88. The normalized spacial score (nSPS) is 12.2. The molecule has 0 bridgehead atoms. The van der Waals surface area contributed by atoms with Crippen LogP contribution in [0.15, 0.2) is 60.9 Å². The first kappa shape index (κ1) is 19.8. The molecule has 146 valence electrons. The summed E-state index contributed by atoms with van der Waals surface area (Å²) in [6.07, 6.45) is 3.36. The Morgan fingerprint density at radius 3 is 2.61 bits per heavy atom. The van der Waals surface area contributed by atoms with Crippen molar-refractivity contribution >= 4 is 5.91 Å². The highest BCUT2D eigenvalue weighted by Gasteiger charge is 2.18. The standard InChI is InChI=1S/C22H25FN4O/c1-16(26(3)15-18-7-5-4-6-8-18)22(28)25-14-19-9-10-21(20(23)13-19)27-12-11-24-17(27)2/h4-13,16H,14-15H2,1-3H3,(H,25,28)/t16-/m1/s1. The Morgan fingerprint density at radius 2 is 1.96 bits per heavy atom. The van der Waals surface area contributed by atoms with Gasteiger partial charge in [0.1, 0.15) is 11.6 Å². The monoisotopic (exact) mass is 380 g/mol. The van der Waals surface area contributed by atoms with Crippen LogP contribution in [0.25, 0.3) is 5.69 Å². The molecule has 1 amide bonds. The van der Waals surface area contributed by atoms with Crippen molar-refractivity contribution in [1.82, 2.24) is 19.8 Å². The summed E-state index contributed by atoms with van der Waals surface area (Å²) in [4.78, 5) is 18.6. The predicted molar refractivity (Wildman–Crippen MR) is 107 cm³/mol. The van der Waals surface area contributed by atoms with E-state index in [9.17, 15) is 9.18 Å². The number of hydrogen-bond acceptors (Lipinski definition) is 3. The molecule has 2 aromatic carbocycles. The van der Waals surface area contributed by atoms with Gasteiger partial charge in [0.25, 0.3) is 0 Å². The lowest BCUT2D eigenvalue weighted by Gasteiger charge is -2.24. The van der Waals surface area contributed by atoms with E-state index in [1.165, 1.54) is 6.07 Å². The van der Waals surface area contributed by atoms with Crippen molar-refractivity contribution in [3.05, 3.63) is 83.7 Å². The molecule has 0 saturated carbocycles. The number of amides is 1. The molecule has 0 radical (unpaired) electrons. The number of carbonyl (C=O) groups excluding carboxylic acids is 1. The molecule has 6 heteroatoms. The lowest BCUT2D eigenvalue weighted by atomic mass is 10.1. The van der Waals surface area contributed by atoms with Gasteiger partial charge in [0, 0.05) is 25.5 Å². The number of nitrogens with one attached hydrogen (secondary N) is 1. The first-order chi connectivity index (χ1) is 13.5. The van der Waals surface area contributed by atoms with E-state index in [1.807, 2.05) is 62.2 Å². The zero-order valence-corrected chi connectivity index (χ0v) is 16.4. The third-order valence-electron chi connectivity index (χ3n) is 4.88. The van der Waals surface area contributed by atoms with Crippen LogP contribution in [0.1, 0.15) is 23.9 Å². The second-order valence-electron chi connectivity index (χ2n) is 6.92. The molecule has 0 spiro atoms. The maximum Gasteiger partial charge on any atom is 0.237 e. The quantitative estimate of drug-likeness (QED) is 0.683. The van der Waals surface area contributed by atoms with Crippen LogP contribution in [0, 0.1) is 12.7 Å². The molecule has 1 aromatic heterocycles. The molecule has 0 aliphatic rings. The Hall–Kier alpha value is -2.99. The van der Waals surface area contributed by atoms with Gasteiger partial charge in [-0.15, -0.1) is 0 Å². The number of likely N-dealkylation sites (N-methyl/N-ethyl adjacent to an activating group) is 1. The van der Waals surface area contributed by atoms with Crippen LogP contribution in [0.3, 0.4) is 0 Å². The van der Waals surface area contributed by atoms with E-state index in [2.05, 4.69) is 10.3 Å². The van der Waals surface area contributed by atoms with E-state index < -0.39 is 0 Å². The summed E-state index contributed by atoms with van der Waals surface area (Å²) >= 11 is 0. The number of halogens is 1. The molecule has 3 aromatic rings. The molecular weight excluding hydrogens is 355 g/mol. The average molecular weight is 380 g/mol. The minimum atomic E-state index is -0.345. The highest BCUT2D eigenvalue weighted by molar-refractivity contribution is 5.81. The van der Waals surface area contributed by atoms with Gasteiger partial charge in [-0.1, -0.05) is 36.4 Å². The van der Waals surface area contributed by atoms with Gasteiger partial charge in [-0.2, -0.15) is 0 Å². The fourth-order valence-corrected chi connectivity index (χ4v) is 3.03. The van der Waals surface area contributed by atoms with Crippen molar-refractivity contribution in [2.24, 2.45) is 0 Å². The molecule has 0 fully saturated rings. The first-order valence-electron chi connectivity index (χ1n) is 9.26. The number of rotatable bonds is 7. The number of carbonyl (C=O) groups is 1. The molecule has 28 heavy (non-hydrogen) atoms. The van der Waals surface area contributed by atoms with Crippen LogP contribution in [-0.4, -0.2) is 33.4 Å². The predicted octanol–water partition coefficient (Wildman–Crippen LogP) is 3.46. The molecule has 5 nitrogen and oxygen atoms in total. The minimum absolute atomic E-state index is 0.0895. The SMILES string of the molecule is Cc1nccn1-c1ccc(CNC(=O)[C@@H](C)N(C)Cc2ccccc2)cc1F. The minimum Gasteiger partial charge on any atom is -0.351 e. The maximum absolute atomic E-state index is 14.5. The molecule has 1 atom stereocenters. The van der Waals surface area contributed by atoms with Gasteiger partial charge in [-0.25, -0.2) is 9.37 Å². The first-order valence-corrected chi connectivity index (χ1v) is 9.26. The number of benzene rings is 2. The summed E-state index contributed by atoms with van der Waals surface area (Å²) in [6.45, 7) is 4.65. The molecule has 1 N–H and O–H groups in total. The smallest absolute Gasteiger partial charge is 0.237 e. The summed E-state index contributed by atoms with van der Waals surface area (Å²) in [5.41, 5.74) is 2.31. The average Bonchev–Trinajstić information content (AvgIpc) is 3.12. The number of nitrogens with zero attached hydrogens (tertiary/aromatic N) is 3. The lowest BCUT2D eigenvalue weighted by molar-refractivity contribution is -0.125. The van der Waals surface area contributed by atoms with Crippen molar-refractivity contribution < 1.29 is 9.18 Å². The van der Waals surface area contributed by atoms with Crippen LogP contribution in [0.4, 0.5) is 4.39 Å². The zero-order valence-electron chi connectivity index (χ0n) is 16.4. The maximum atomic E-state index is 14.5. The van der Waals surface area contributed by atoms with Crippen molar-refractivity contribution in [2.45, 2.75) is 33.0 Å². The van der Waals surface area contributed by atoms with Crippen molar-refractivity contribution in [3.63, 3.8) is 0 Å². The summed E-state index contributed by atoms with van der Waals surface area (Å²) < 4.78 is 16.2. The molecule has 3 rings (SSSR count). The van der Waals surface area contributed by atoms with Crippen molar-refractivity contribution in [1.29, 1.82) is 0 Å². The Kier molecular flexibility index (Phi) is 6.21. The van der Waals surface area contributed by atoms with E-state index in [4.69, 9.17) is 0 Å². The van der Waals surface area contributed by atoms with Crippen LogP contribution >= 0.6 is 0 Å². The van der Waals surface area contributed by atoms with Gasteiger partial charge in [-0.05, 0) is 44.2 Å². The molecule has 1 heterocycles. The second kappa shape index (κ2) is 8.80. The van der Waals surface area contributed by atoms with E-state index >= 15 is 0 Å². The largest absolute Gasteiger partial charge is 0.351 e. The Morgan fingerprint density at radius 1 is 1.21 bits per heavy atom. The molecule has 0 saturated heterocycles. The fourth-order valence-electron chi connectivity index (χ4n) is 3.03. The van der Waals surface area contributed by atoms with Crippen LogP contribution in [-0.2, 0) is 17.9 Å². The fraction of sp³-hybridized carbons (Fsp3) is 0.273. The second-order valence-corrected chi connectivity index (χ2v) is 6.92. The van der Waals surface area contributed by atoms with Crippen LogP contribution in [0.2, 0.25) is 0 Å². The van der Waals surface area contributed by atoms with Crippen molar-refractivity contribution in [3.8, 4) is 5.69 Å². The lowest BCUT2D eigenvalue weighted by Crippen LogP contribution is -2.42. The van der Waals surface area contributed by atoms with E-state index in [1.54, 1.807) is 23.0 Å². The van der Waals surface area contributed by atoms with Gasteiger partial charge >= 0.3 is 0 Å². The molecule has 0 aliphatic carbocycles. The summed E-state index contributed by atoms with van der Waals surface area (Å²) in [5, 5.41) is 2.89. The Labute approximate surface area is 164 Å². The van der Waals surface area contributed by atoms with Gasteiger partial charge in [0.05, 0.1) is 11.7 Å². The molecule has 0 aliphatic heterocycles. The van der Waals surface area contributed by atoms with Crippen LogP contribution in [0.5, 0.6) is 0 Å². The highest BCUT2D eigenvalue weighted by atomic mass is 19.1. The van der Waals surface area contributed by atoms with Gasteiger partial charge < -0.3 is 9.88 Å². The highest BCUT2D eigenvalue weighted by Crippen LogP contribution is 2.17. The Balaban J connectivity index is 1.58. The zero-order chi connectivity index (χ0) is 20.1. The van der Waals surface area contributed by atoms with E-state index in [0.717, 1.165) is 11.4 Å². The van der Waals surface area contributed by atoms with Crippen molar-refractivity contribution in [2.75, 3.05) is 7.05 Å². The van der Waals surface area contributed by atoms with E-state index in [-0.39, 0.29) is 24.3 Å². The van der Waals surface area contributed by atoms with Gasteiger partial charge in [-0.3, -0.25) is 9.69 Å². The van der Waals surface area contributed by atoms with Gasteiger partial charge in [0.15, 0.2) is 0 Å². The Bertz CT molecular complexity index is 939. The summed E-state index contributed by atoms with van der Waals surface area (Å²) in [5.74, 6) is 0.283. The number of hydrogen-bond donors (Lipinski definition) is 1. The topological polar surface area (TPSA) is 50.2 Å². The number of aryl methyl sites for hydroxylation is 1. The van der Waals surface area contributed by atoms with Crippen LogP contribution < -0.4 is 5.32 Å².